The minimum absolute atomic E-state index is 0.159. The van der Waals surface area contributed by atoms with Crippen molar-refractivity contribution in [1.82, 2.24) is 15.0 Å². The van der Waals surface area contributed by atoms with Crippen LogP contribution in [-0.4, -0.2) is 28.0 Å². The van der Waals surface area contributed by atoms with Crippen LogP contribution in [0.4, 0.5) is 5.95 Å². The molecule has 7 heteroatoms. The summed E-state index contributed by atoms with van der Waals surface area (Å²) in [5, 5.41) is 0. The standard InChI is InChI=1S/C9H13Cl3N4/c1-4-16(5-2)8-14-6(3)13-7(15-8)9(10,11)12/h4-5H2,1-3H3. The molecule has 1 aromatic rings. The van der Waals surface area contributed by atoms with Crippen molar-refractivity contribution < 1.29 is 0 Å². The van der Waals surface area contributed by atoms with E-state index < -0.39 is 3.79 Å². The maximum absolute atomic E-state index is 5.75. The predicted molar refractivity (Wildman–Crippen MR) is 67.4 cm³/mol. The summed E-state index contributed by atoms with van der Waals surface area (Å²) in [7, 11) is 0. The fourth-order valence-corrected chi connectivity index (χ4v) is 1.50. The second-order valence-corrected chi connectivity index (χ2v) is 5.46. The molecule has 0 saturated carbocycles. The average molecular weight is 284 g/mol. The Balaban J connectivity index is 3.17. The van der Waals surface area contributed by atoms with E-state index in [0.717, 1.165) is 13.1 Å². The Bertz CT molecular complexity index is 360. The normalized spacial score (nSPS) is 11.6. The average Bonchev–Trinajstić information content (AvgIpc) is 2.17. The number of halogens is 3. The Hall–Kier alpha value is -0.320. The van der Waals surface area contributed by atoms with Crippen LogP contribution in [0.25, 0.3) is 0 Å². The van der Waals surface area contributed by atoms with Crippen molar-refractivity contribution in [3.63, 3.8) is 0 Å². The van der Waals surface area contributed by atoms with Gasteiger partial charge in [0.25, 0.3) is 0 Å². The molecule has 0 radical (unpaired) electrons. The van der Waals surface area contributed by atoms with E-state index >= 15 is 0 Å². The summed E-state index contributed by atoms with van der Waals surface area (Å²) < 4.78 is -1.62. The first kappa shape index (κ1) is 13.7. The van der Waals surface area contributed by atoms with Crippen LogP contribution < -0.4 is 4.90 Å². The highest BCUT2D eigenvalue weighted by molar-refractivity contribution is 6.66. The zero-order valence-electron chi connectivity index (χ0n) is 9.34. The van der Waals surface area contributed by atoms with Gasteiger partial charge in [0.15, 0.2) is 5.82 Å². The van der Waals surface area contributed by atoms with Gasteiger partial charge in [-0.25, -0.2) is 4.98 Å². The first-order valence-electron chi connectivity index (χ1n) is 4.93. The van der Waals surface area contributed by atoms with Crippen molar-refractivity contribution in [2.75, 3.05) is 18.0 Å². The molecular formula is C9H13Cl3N4. The van der Waals surface area contributed by atoms with Gasteiger partial charge in [-0.3, -0.25) is 0 Å². The molecule has 0 saturated heterocycles. The van der Waals surface area contributed by atoms with Gasteiger partial charge in [0.05, 0.1) is 0 Å². The molecule has 0 fully saturated rings. The predicted octanol–water partition coefficient (Wildman–Crippen LogP) is 2.85. The van der Waals surface area contributed by atoms with Gasteiger partial charge in [-0.05, 0) is 20.8 Å². The maximum atomic E-state index is 5.75. The maximum Gasteiger partial charge on any atom is 0.250 e. The van der Waals surface area contributed by atoms with Crippen LogP contribution in [0.5, 0.6) is 0 Å². The van der Waals surface area contributed by atoms with Gasteiger partial charge in [0.1, 0.15) is 5.82 Å². The zero-order valence-corrected chi connectivity index (χ0v) is 11.6. The second-order valence-electron chi connectivity index (χ2n) is 3.18. The number of aromatic nitrogens is 3. The molecule has 16 heavy (non-hydrogen) atoms. The fourth-order valence-electron chi connectivity index (χ4n) is 1.24. The van der Waals surface area contributed by atoms with Crippen LogP contribution in [0, 0.1) is 6.92 Å². The summed E-state index contributed by atoms with van der Waals surface area (Å²) in [6, 6.07) is 0. The number of aryl methyl sites for hydroxylation is 1. The molecule has 0 unspecified atom stereocenters. The van der Waals surface area contributed by atoms with E-state index in [1.807, 2.05) is 18.7 Å². The summed E-state index contributed by atoms with van der Waals surface area (Å²) in [5.74, 6) is 1.24. The van der Waals surface area contributed by atoms with E-state index in [2.05, 4.69) is 15.0 Å². The first-order chi connectivity index (χ1) is 7.38. The Morgan fingerprint density at radius 1 is 1.06 bits per heavy atom. The lowest BCUT2D eigenvalue weighted by molar-refractivity contribution is 0.778. The molecule has 0 N–H and O–H groups in total. The number of hydrogen-bond donors (Lipinski definition) is 0. The largest absolute Gasteiger partial charge is 0.341 e. The first-order valence-corrected chi connectivity index (χ1v) is 6.06. The molecule has 0 aromatic carbocycles. The van der Waals surface area contributed by atoms with Crippen molar-refractivity contribution in [1.29, 1.82) is 0 Å². The van der Waals surface area contributed by atoms with Crippen molar-refractivity contribution in [2.45, 2.75) is 24.6 Å². The van der Waals surface area contributed by atoms with Gasteiger partial charge < -0.3 is 4.90 Å². The van der Waals surface area contributed by atoms with Gasteiger partial charge in [-0.15, -0.1) is 0 Å². The third-order valence-electron chi connectivity index (χ3n) is 2.04. The summed E-state index contributed by atoms with van der Waals surface area (Å²) >= 11 is 17.3. The molecule has 0 spiro atoms. The van der Waals surface area contributed by atoms with Gasteiger partial charge in [0, 0.05) is 13.1 Å². The molecule has 0 atom stereocenters. The molecule has 0 bridgehead atoms. The monoisotopic (exact) mass is 282 g/mol. The van der Waals surface area contributed by atoms with Crippen LogP contribution in [-0.2, 0) is 3.79 Å². The van der Waals surface area contributed by atoms with Crippen LogP contribution >= 0.6 is 34.8 Å². The molecule has 1 heterocycles. The smallest absolute Gasteiger partial charge is 0.250 e. The number of alkyl halides is 3. The molecule has 0 aliphatic heterocycles. The fraction of sp³-hybridized carbons (Fsp3) is 0.667. The Kier molecular flexibility index (Phi) is 4.59. The van der Waals surface area contributed by atoms with E-state index in [1.165, 1.54) is 0 Å². The minimum Gasteiger partial charge on any atom is -0.341 e. The highest BCUT2D eigenvalue weighted by Gasteiger charge is 2.28. The number of nitrogens with zero attached hydrogens (tertiary/aromatic N) is 4. The zero-order chi connectivity index (χ0) is 12.3. The summed E-state index contributed by atoms with van der Waals surface area (Å²) in [4.78, 5) is 14.4. The van der Waals surface area contributed by atoms with E-state index in [1.54, 1.807) is 6.92 Å². The summed E-state index contributed by atoms with van der Waals surface area (Å²) in [6.45, 7) is 7.35. The van der Waals surface area contributed by atoms with Gasteiger partial charge >= 0.3 is 0 Å². The number of hydrogen-bond acceptors (Lipinski definition) is 4. The van der Waals surface area contributed by atoms with Gasteiger partial charge in [-0.2, -0.15) is 9.97 Å². The van der Waals surface area contributed by atoms with E-state index in [-0.39, 0.29) is 5.82 Å². The van der Waals surface area contributed by atoms with Crippen molar-refractivity contribution >= 4 is 40.8 Å². The molecule has 0 aliphatic rings. The van der Waals surface area contributed by atoms with E-state index in [4.69, 9.17) is 34.8 Å². The SMILES string of the molecule is CCN(CC)c1nc(C)nc(C(Cl)(Cl)Cl)n1. The van der Waals surface area contributed by atoms with Crippen LogP contribution in [0.15, 0.2) is 0 Å². The quantitative estimate of drug-likeness (QED) is 0.800. The Labute approximate surface area is 110 Å². The highest BCUT2D eigenvalue weighted by Crippen LogP contribution is 2.36. The van der Waals surface area contributed by atoms with Gasteiger partial charge in [-0.1, -0.05) is 34.8 Å². The Morgan fingerprint density at radius 3 is 2.06 bits per heavy atom. The molecule has 0 aliphatic carbocycles. The summed E-state index contributed by atoms with van der Waals surface area (Å²) in [5.41, 5.74) is 0. The lowest BCUT2D eigenvalue weighted by Gasteiger charge is -2.20. The number of rotatable bonds is 3. The third kappa shape index (κ3) is 3.34. The Morgan fingerprint density at radius 2 is 1.62 bits per heavy atom. The molecular weight excluding hydrogens is 270 g/mol. The van der Waals surface area contributed by atoms with E-state index in [9.17, 15) is 0 Å². The lowest BCUT2D eigenvalue weighted by Crippen LogP contribution is -2.26. The lowest BCUT2D eigenvalue weighted by atomic mass is 10.5. The molecule has 1 rings (SSSR count). The van der Waals surface area contributed by atoms with Crippen LogP contribution in [0.2, 0.25) is 0 Å². The van der Waals surface area contributed by atoms with Gasteiger partial charge in [0.2, 0.25) is 9.74 Å². The molecule has 4 nitrogen and oxygen atoms in total. The molecule has 1 aromatic heterocycles. The van der Waals surface area contributed by atoms with Crippen molar-refractivity contribution in [3.8, 4) is 0 Å². The molecule has 0 amide bonds. The van der Waals surface area contributed by atoms with Crippen LogP contribution in [0.3, 0.4) is 0 Å². The van der Waals surface area contributed by atoms with Crippen molar-refractivity contribution in [2.24, 2.45) is 0 Å². The highest BCUT2D eigenvalue weighted by atomic mass is 35.6. The number of anilines is 1. The summed E-state index contributed by atoms with van der Waals surface area (Å²) in [6.07, 6.45) is 0. The van der Waals surface area contributed by atoms with Crippen molar-refractivity contribution in [3.05, 3.63) is 11.6 Å². The van der Waals surface area contributed by atoms with Crippen LogP contribution in [0.1, 0.15) is 25.5 Å². The van der Waals surface area contributed by atoms with E-state index in [0.29, 0.717) is 11.8 Å². The third-order valence-corrected chi connectivity index (χ3v) is 2.54. The molecule has 90 valence electrons. The minimum atomic E-state index is -1.62. The topological polar surface area (TPSA) is 41.9 Å². The second kappa shape index (κ2) is 5.34.